The van der Waals surface area contributed by atoms with Crippen LogP contribution in [0, 0.1) is 0 Å². The number of aromatic nitrogens is 2. The summed E-state index contributed by atoms with van der Waals surface area (Å²) in [4.78, 5) is 44.6. The minimum atomic E-state index is -1.39. The molecule has 0 fully saturated rings. The zero-order valence-electron chi connectivity index (χ0n) is 26.1. The molecule has 5 aromatic rings. The van der Waals surface area contributed by atoms with Crippen molar-refractivity contribution in [3.63, 3.8) is 0 Å². The topological polar surface area (TPSA) is 154 Å². The van der Waals surface area contributed by atoms with Crippen molar-refractivity contribution in [3.05, 3.63) is 114 Å². The van der Waals surface area contributed by atoms with Crippen LogP contribution in [-0.2, 0) is 20.8 Å². The molecule has 2 aromatic heterocycles. The third kappa shape index (κ3) is 9.50. The maximum atomic E-state index is 12.4. The Bertz CT molecular complexity index is 1820. The molecule has 0 aliphatic rings. The van der Waals surface area contributed by atoms with E-state index in [1.807, 2.05) is 72.9 Å². The van der Waals surface area contributed by atoms with Crippen LogP contribution in [0.5, 0.6) is 5.75 Å². The lowest BCUT2D eigenvalue weighted by Crippen LogP contribution is -2.45. The van der Waals surface area contributed by atoms with Crippen molar-refractivity contribution in [3.8, 4) is 38.1 Å². The molecule has 0 saturated heterocycles. The number of thiazole rings is 1. The van der Waals surface area contributed by atoms with Gasteiger partial charge in [0.25, 0.3) is 5.91 Å². The van der Waals surface area contributed by atoms with E-state index in [-0.39, 0.29) is 5.91 Å². The molecule has 0 unspecified atom stereocenters. The first-order chi connectivity index (χ1) is 23.4. The second-order valence-corrected chi connectivity index (χ2v) is 11.9. The van der Waals surface area contributed by atoms with E-state index in [2.05, 4.69) is 27.8 Å². The van der Waals surface area contributed by atoms with Gasteiger partial charge < -0.3 is 30.6 Å². The first-order valence-electron chi connectivity index (χ1n) is 15.5. The SMILES string of the molecule is O=C(/C=C/c1ccc(-c2sc(-c3ccc[nH]3)nc2-c2ccc(OCC(=O)N[C@@H](CO)C(=O)O)cc2)cc1)NCCCCc1ccccc1. The van der Waals surface area contributed by atoms with E-state index in [0.29, 0.717) is 12.3 Å². The number of amides is 2. The maximum absolute atomic E-state index is 12.4. The molecular formula is C37H36N4O6S. The standard InChI is InChI=1S/C37H36N4O6S/c42-23-31(37(45)46)40-33(44)24-47-29-18-16-27(17-19-29)34-35(48-36(41-34)30-10-6-22-38-30)28-14-11-26(12-15-28)13-20-32(43)39-21-5-4-9-25-7-2-1-3-8-25/h1-3,6-8,10-20,22,31,38,42H,4-5,9,21,23-24H2,(H,39,43)(H,40,44)(H,45,46)/b20-13+/t31-/m0/s1. The summed E-state index contributed by atoms with van der Waals surface area (Å²) in [6, 6.07) is 27.9. The van der Waals surface area contributed by atoms with Crippen molar-refractivity contribution in [2.24, 2.45) is 0 Å². The molecule has 246 valence electrons. The molecule has 1 atom stereocenters. The largest absolute Gasteiger partial charge is 0.484 e. The third-order valence-corrected chi connectivity index (χ3v) is 8.54. The lowest BCUT2D eigenvalue weighted by atomic mass is 10.0. The van der Waals surface area contributed by atoms with E-state index in [4.69, 9.17) is 19.9 Å². The summed E-state index contributed by atoms with van der Waals surface area (Å²) in [5, 5.41) is 24.1. The number of rotatable bonds is 16. The Kier molecular flexibility index (Phi) is 11.9. The van der Waals surface area contributed by atoms with Crippen molar-refractivity contribution in [2.75, 3.05) is 19.8 Å². The van der Waals surface area contributed by atoms with Crippen LogP contribution >= 0.6 is 11.3 Å². The van der Waals surface area contributed by atoms with Crippen LogP contribution in [0.2, 0.25) is 0 Å². The number of aliphatic carboxylic acids is 1. The minimum Gasteiger partial charge on any atom is -0.484 e. The number of hydrogen-bond donors (Lipinski definition) is 5. The molecule has 0 bridgehead atoms. The van der Waals surface area contributed by atoms with Crippen LogP contribution in [0.4, 0.5) is 0 Å². The second kappa shape index (κ2) is 16.9. The zero-order valence-corrected chi connectivity index (χ0v) is 26.9. The highest BCUT2D eigenvalue weighted by molar-refractivity contribution is 7.18. The fourth-order valence-electron chi connectivity index (χ4n) is 4.86. The van der Waals surface area contributed by atoms with E-state index >= 15 is 0 Å². The number of nitrogens with zero attached hydrogens (tertiary/aromatic N) is 1. The van der Waals surface area contributed by atoms with Gasteiger partial charge >= 0.3 is 5.97 Å². The van der Waals surface area contributed by atoms with Gasteiger partial charge in [0.2, 0.25) is 5.91 Å². The highest BCUT2D eigenvalue weighted by atomic mass is 32.1. The second-order valence-electron chi connectivity index (χ2n) is 10.9. The van der Waals surface area contributed by atoms with Crippen molar-refractivity contribution in [2.45, 2.75) is 25.3 Å². The molecule has 5 N–H and O–H groups in total. The molecular weight excluding hydrogens is 628 g/mol. The summed E-state index contributed by atoms with van der Waals surface area (Å²) in [6.45, 7) is -0.491. The fraction of sp³-hybridized carbons (Fsp3) is 0.189. The van der Waals surface area contributed by atoms with Crippen LogP contribution in [0.25, 0.3) is 38.5 Å². The number of nitrogens with one attached hydrogen (secondary N) is 3. The molecule has 2 amide bonds. The first kappa shape index (κ1) is 33.8. The minimum absolute atomic E-state index is 0.123. The van der Waals surface area contributed by atoms with Crippen LogP contribution < -0.4 is 15.4 Å². The number of benzene rings is 3. The summed E-state index contributed by atoms with van der Waals surface area (Å²) in [7, 11) is 0. The number of aromatic amines is 1. The molecule has 3 aromatic carbocycles. The van der Waals surface area contributed by atoms with E-state index in [9.17, 15) is 14.4 Å². The lowest BCUT2D eigenvalue weighted by Gasteiger charge is -2.12. The molecule has 0 saturated carbocycles. The summed E-state index contributed by atoms with van der Waals surface area (Å²) < 4.78 is 5.52. The Morgan fingerprint density at radius 3 is 2.35 bits per heavy atom. The van der Waals surface area contributed by atoms with E-state index in [1.54, 1.807) is 35.6 Å². The van der Waals surface area contributed by atoms with Crippen LogP contribution in [0.15, 0.2) is 103 Å². The smallest absolute Gasteiger partial charge is 0.328 e. The fourth-order valence-corrected chi connectivity index (χ4v) is 5.94. The molecule has 0 aliphatic heterocycles. The number of carboxylic acid groups (broad SMARTS) is 1. The van der Waals surface area contributed by atoms with E-state index in [1.165, 1.54) is 5.56 Å². The van der Waals surface area contributed by atoms with Crippen LogP contribution in [0.3, 0.4) is 0 Å². The maximum Gasteiger partial charge on any atom is 0.328 e. The summed E-state index contributed by atoms with van der Waals surface area (Å²) in [5.41, 5.74) is 5.68. The van der Waals surface area contributed by atoms with Gasteiger partial charge in [0, 0.05) is 24.4 Å². The monoisotopic (exact) mass is 664 g/mol. The highest BCUT2D eigenvalue weighted by Crippen LogP contribution is 2.40. The summed E-state index contributed by atoms with van der Waals surface area (Å²) in [5.74, 6) is -1.70. The van der Waals surface area contributed by atoms with Gasteiger partial charge in [-0.15, -0.1) is 11.3 Å². The quantitative estimate of drug-likeness (QED) is 0.0683. The van der Waals surface area contributed by atoms with E-state index < -0.39 is 31.1 Å². The predicted molar refractivity (Wildman–Crippen MR) is 186 cm³/mol. The normalized spacial score (nSPS) is 11.7. The number of carbonyl (C=O) groups is 3. The number of unbranched alkanes of at least 4 members (excludes halogenated alkanes) is 1. The van der Waals surface area contributed by atoms with Crippen LogP contribution in [0.1, 0.15) is 24.0 Å². The first-order valence-corrected chi connectivity index (χ1v) is 16.3. The van der Waals surface area contributed by atoms with Gasteiger partial charge in [0.15, 0.2) is 6.61 Å². The molecule has 0 radical (unpaired) electrons. The zero-order chi connectivity index (χ0) is 33.7. The highest BCUT2D eigenvalue weighted by Gasteiger charge is 2.19. The molecule has 48 heavy (non-hydrogen) atoms. The molecule has 2 heterocycles. The van der Waals surface area contributed by atoms with Crippen LogP contribution in [-0.4, -0.2) is 63.8 Å². The van der Waals surface area contributed by atoms with Gasteiger partial charge in [-0.3, -0.25) is 9.59 Å². The molecule has 10 nitrogen and oxygen atoms in total. The van der Waals surface area contributed by atoms with Gasteiger partial charge in [-0.1, -0.05) is 54.6 Å². The number of ether oxygens (including phenoxy) is 1. The Morgan fingerprint density at radius 1 is 0.917 bits per heavy atom. The van der Waals surface area contributed by atoms with Crippen molar-refractivity contribution in [1.29, 1.82) is 0 Å². The predicted octanol–water partition coefficient (Wildman–Crippen LogP) is 5.57. The Labute approximate surface area is 282 Å². The number of hydrogen-bond acceptors (Lipinski definition) is 7. The Hall–Kier alpha value is -5.52. The van der Waals surface area contributed by atoms with Gasteiger partial charge in [0.05, 0.1) is 22.9 Å². The molecule has 0 aliphatic carbocycles. The number of aliphatic hydroxyl groups excluding tert-OH is 1. The van der Waals surface area contributed by atoms with Crippen molar-refractivity contribution >= 4 is 35.2 Å². The number of carboxylic acids is 1. The molecule has 11 heteroatoms. The van der Waals surface area contributed by atoms with Gasteiger partial charge in [0.1, 0.15) is 16.8 Å². The van der Waals surface area contributed by atoms with Crippen molar-refractivity contribution < 1.29 is 29.3 Å². The number of H-pyrrole nitrogens is 1. The van der Waals surface area contributed by atoms with Gasteiger partial charge in [-0.05, 0) is 78.4 Å². The van der Waals surface area contributed by atoms with Gasteiger partial charge in [-0.2, -0.15) is 0 Å². The number of aryl methyl sites for hydroxylation is 1. The Balaban J connectivity index is 1.21. The molecule has 0 spiro atoms. The van der Waals surface area contributed by atoms with Gasteiger partial charge in [-0.25, -0.2) is 9.78 Å². The molecule has 5 rings (SSSR count). The van der Waals surface area contributed by atoms with Crippen molar-refractivity contribution in [1.82, 2.24) is 20.6 Å². The average Bonchev–Trinajstić information content (AvgIpc) is 3.81. The summed E-state index contributed by atoms with van der Waals surface area (Å²) >= 11 is 1.55. The third-order valence-electron chi connectivity index (χ3n) is 7.40. The van der Waals surface area contributed by atoms with E-state index in [0.717, 1.165) is 57.2 Å². The Morgan fingerprint density at radius 2 is 1.67 bits per heavy atom. The summed E-state index contributed by atoms with van der Waals surface area (Å²) in [6.07, 6.45) is 8.12. The number of aliphatic hydroxyl groups is 1. The number of carbonyl (C=O) groups excluding carboxylic acids is 2. The lowest BCUT2D eigenvalue weighted by molar-refractivity contribution is -0.143. The average molecular weight is 665 g/mol.